The van der Waals surface area contributed by atoms with Gasteiger partial charge in [-0.25, -0.2) is 0 Å². The average molecular weight is 159 g/mol. The van der Waals surface area contributed by atoms with Gasteiger partial charge in [0.05, 0.1) is 12.6 Å². The molecule has 3 nitrogen and oxygen atoms in total. The summed E-state index contributed by atoms with van der Waals surface area (Å²) in [4.78, 5) is 15.1. The zero-order chi connectivity index (χ0) is 8.53. The van der Waals surface area contributed by atoms with Crippen molar-refractivity contribution in [3.63, 3.8) is 0 Å². The molecule has 0 aromatic heterocycles. The second-order valence-electron chi connectivity index (χ2n) is 2.60. The largest absolute Gasteiger partial charge is 0.302 e. The lowest BCUT2D eigenvalue weighted by atomic mass is 10.3. The number of nitrogens with one attached hydrogen (secondary N) is 1. The second kappa shape index (κ2) is 7.69. The van der Waals surface area contributed by atoms with Crippen LogP contribution >= 0.6 is 0 Å². The Balaban J connectivity index is 2.95. The fraction of sp³-hybridized carbons (Fsp3) is 0.875. The van der Waals surface area contributed by atoms with E-state index < -0.39 is 0 Å². The van der Waals surface area contributed by atoms with Crippen LogP contribution in [0.5, 0.6) is 0 Å². The third kappa shape index (κ3) is 7.49. The number of carbonyl (C=O) groups excluding carboxylic acids is 1. The standard InChI is InChI=1S/C8H17NO2/c1-3-4-5-6-11-9-8(2)7-10/h7-9H,3-6H2,1-2H3. The number of hydrogen-bond acceptors (Lipinski definition) is 3. The SMILES string of the molecule is CCCCCONC(C)C=O. The fourth-order valence-corrected chi connectivity index (χ4v) is 0.642. The van der Waals surface area contributed by atoms with Crippen LogP contribution in [-0.4, -0.2) is 18.9 Å². The first-order valence-corrected chi connectivity index (χ1v) is 4.13. The highest BCUT2D eigenvalue weighted by Crippen LogP contribution is 1.92. The van der Waals surface area contributed by atoms with Crippen molar-refractivity contribution in [1.29, 1.82) is 0 Å². The molecule has 66 valence electrons. The molecule has 0 aliphatic rings. The molecule has 0 aliphatic heterocycles. The highest BCUT2D eigenvalue weighted by Gasteiger charge is 1.95. The van der Waals surface area contributed by atoms with Gasteiger partial charge in [0.15, 0.2) is 0 Å². The lowest BCUT2D eigenvalue weighted by Crippen LogP contribution is -2.27. The monoisotopic (exact) mass is 159 g/mol. The number of rotatable bonds is 7. The number of aldehydes is 1. The Kier molecular flexibility index (Phi) is 7.41. The third-order valence-corrected chi connectivity index (χ3v) is 1.32. The maximum atomic E-state index is 10.1. The summed E-state index contributed by atoms with van der Waals surface area (Å²) < 4.78 is 0. The highest BCUT2D eigenvalue weighted by atomic mass is 16.6. The minimum atomic E-state index is -0.198. The molecule has 11 heavy (non-hydrogen) atoms. The summed E-state index contributed by atoms with van der Waals surface area (Å²) in [7, 11) is 0. The van der Waals surface area contributed by atoms with Crippen molar-refractivity contribution in [3.8, 4) is 0 Å². The van der Waals surface area contributed by atoms with Crippen molar-refractivity contribution in [2.24, 2.45) is 0 Å². The summed E-state index contributed by atoms with van der Waals surface area (Å²) in [6.45, 7) is 4.58. The van der Waals surface area contributed by atoms with Crippen molar-refractivity contribution in [1.82, 2.24) is 5.48 Å². The molecule has 0 spiro atoms. The summed E-state index contributed by atoms with van der Waals surface area (Å²) in [6.07, 6.45) is 4.23. The average Bonchev–Trinajstić information content (AvgIpc) is 2.04. The van der Waals surface area contributed by atoms with E-state index in [0.29, 0.717) is 6.61 Å². The Morgan fingerprint density at radius 2 is 2.27 bits per heavy atom. The number of carbonyl (C=O) groups is 1. The normalized spacial score (nSPS) is 12.9. The smallest absolute Gasteiger partial charge is 0.138 e. The molecule has 0 rings (SSSR count). The lowest BCUT2D eigenvalue weighted by Gasteiger charge is -2.06. The van der Waals surface area contributed by atoms with E-state index >= 15 is 0 Å². The summed E-state index contributed by atoms with van der Waals surface area (Å²) in [5, 5.41) is 0. The van der Waals surface area contributed by atoms with Gasteiger partial charge in [-0.2, -0.15) is 5.48 Å². The maximum Gasteiger partial charge on any atom is 0.138 e. The predicted molar refractivity (Wildman–Crippen MR) is 44.1 cm³/mol. The van der Waals surface area contributed by atoms with Gasteiger partial charge in [-0.05, 0) is 13.3 Å². The summed E-state index contributed by atoms with van der Waals surface area (Å²) in [6, 6.07) is -0.198. The van der Waals surface area contributed by atoms with Crippen LogP contribution in [0, 0.1) is 0 Å². The van der Waals surface area contributed by atoms with E-state index in [1.807, 2.05) is 0 Å². The van der Waals surface area contributed by atoms with Gasteiger partial charge in [0.1, 0.15) is 6.29 Å². The first-order chi connectivity index (χ1) is 5.31. The fourth-order valence-electron chi connectivity index (χ4n) is 0.642. The first kappa shape index (κ1) is 10.6. The maximum absolute atomic E-state index is 10.1. The van der Waals surface area contributed by atoms with Crippen LogP contribution in [0.3, 0.4) is 0 Å². The van der Waals surface area contributed by atoms with Gasteiger partial charge in [0.2, 0.25) is 0 Å². The molecule has 0 fully saturated rings. The molecule has 1 atom stereocenters. The molecule has 1 unspecified atom stereocenters. The van der Waals surface area contributed by atoms with Gasteiger partial charge < -0.3 is 9.63 Å². The van der Waals surface area contributed by atoms with E-state index in [-0.39, 0.29) is 6.04 Å². The van der Waals surface area contributed by atoms with E-state index in [9.17, 15) is 4.79 Å². The lowest BCUT2D eigenvalue weighted by molar-refractivity contribution is -0.113. The zero-order valence-corrected chi connectivity index (χ0v) is 7.30. The van der Waals surface area contributed by atoms with Crippen LogP contribution in [0.25, 0.3) is 0 Å². The Bertz CT molecular complexity index is 96.1. The molecule has 0 radical (unpaired) electrons. The number of hydroxylamine groups is 1. The number of unbranched alkanes of at least 4 members (excludes halogenated alkanes) is 2. The van der Waals surface area contributed by atoms with Gasteiger partial charge in [0.25, 0.3) is 0 Å². The van der Waals surface area contributed by atoms with Crippen LogP contribution in [-0.2, 0) is 9.63 Å². The molecule has 0 saturated heterocycles. The molecule has 0 aromatic carbocycles. The molecular weight excluding hydrogens is 142 g/mol. The van der Waals surface area contributed by atoms with Gasteiger partial charge in [-0.3, -0.25) is 0 Å². The Hall–Kier alpha value is -0.410. The zero-order valence-electron chi connectivity index (χ0n) is 7.30. The minimum absolute atomic E-state index is 0.198. The van der Waals surface area contributed by atoms with Crippen LogP contribution < -0.4 is 5.48 Å². The summed E-state index contributed by atoms with van der Waals surface area (Å²) in [5.41, 5.74) is 2.62. The minimum Gasteiger partial charge on any atom is -0.302 e. The van der Waals surface area contributed by atoms with E-state index in [0.717, 1.165) is 12.7 Å². The quantitative estimate of drug-likeness (QED) is 0.345. The van der Waals surface area contributed by atoms with Crippen molar-refractivity contribution >= 4 is 6.29 Å². The van der Waals surface area contributed by atoms with Crippen LogP contribution in [0.1, 0.15) is 33.1 Å². The molecule has 0 aliphatic carbocycles. The summed E-state index contributed by atoms with van der Waals surface area (Å²) in [5.74, 6) is 0. The van der Waals surface area contributed by atoms with Gasteiger partial charge in [-0.15, -0.1) is 0 Å². The highest BCUT2D eigenvalue weighted by molar-refractivity contribution is 5.56. The second-order valence-corrected chi connectivity index (χ2v) is 2.60. The third-order valence-electron chi connectivity index (χ3n) is 1.32. The number of hydrogen-bond donors (Lipinski definition) is 1. The van der Waals surface area contributed by atoms with E-state index in [4.69, 9.17) is 4.84 Å². The van der Waals surface area contributed by atoms with Gasteiger partial charge in [0, 0.05) is 0 Å². The van der Waals surface area contributed by atoms with Crippen LogP contribution in [0.4, 0.5) is 0 Å². The molecule has 0 amide bonds. The van der Waals surface area contributed by atoms with E-state index in [1.54, 1.807) is 6.92 Å². The Morgan fingerprint density at radius 1 is 1.55 bits per heavy atom. The Morgan fingerprint density at radius 3 is 2.82 bits per heavy atom. The van der Waals surface area contributed by atoms with Crippen molar-refractivity contribution < 1.29 is 9.63 Å². The Labute approximate surface area is 68.1 Å². The van der Waals surface area contributed by atoms with E-state index in [1.165, 1.54) is 12.8 Å². The first-order valence-electron chi connectivity index (χ1n) is 4.13. The summed E-state index contributed by atoms with van der Waals surface area (Å²) >= 11 is 0. The van der Waals surface area contributed by atoms with Crippen molar-refractivity contribution in [3.05, 3.63) is 0 Å². The molecule has 0 heterocycles. The van der Waals surface area contributed by atoms with E-state index in [2.05, 4.69) is 12.4 Å². The molecule has 0 aromatic rings. The molecule has 0 saturated carbocycles. The van der Waals surface area contributed by atoms with Gasteiger partial charge in [-0.1, -0.05) is 19.8 Å². The predicted octanol–water partition coefficient (Wildman–Crippen LogP) is 1.29. The molecule has 0 bridgehead atoms. The van der Waals surface area contributed by atoms with Crippen molar-refractivity contribution in [2.75, 3.05) is 6.61 Å². The molecular formula is C8H17NO2. The van der Waals surface area contributed by atoms with Crippen molar-refractivity contribution in [2.45, 2.75) is 39.2 Å². The van der Waals surface area contributed by atoms with Crippen LogP contribution in [0.15, 0.2) is 0 Å². The topological polar surface area (TPSA) is 38.3 Å². The molecule has 1 N–H and O–H groups in total. The molecule has 3 heteroatoms. The van der Waals surface area contributed by atoms with Gasteiger partial charge >= 0.3 is 0 Å². The van der Waals surface area contributed by atoms with Crippen LogP contribution in [0.2, 0.25) is 0 Å².